The van der Waals surface area contributed by atoms with Crippen molar-refractivity contribution in [3.63, 3.8) is 0 Å². The molecule has 0 fully saturated rings. The lowest BCUT2D eigenvalue weighted by atomic mass is 10.1. The second kappa shape index (κ2) is 9.17. The Morgan fingerprint density at radius 1 is 1.31 bits per heavy atom. The van der Waals surface area contributed by atoms with E-state index < -0.39 is 5.97 Å². The van der Waals surface area contributed by atoms with E-state index in [1.54, 1.807) is 44.3 Å². The number of amides is 1. The Morgan fingerprint density at radius 3 is 2.69 bits per heavy atom. The van der Waals surface area contributed by atoms with E-state index in [-0.39, 0.29) is 35.5 Å². The molecule has 1 aromatic heterocycles. The smallest absolute Gasteiger partial charge is 0.338 e. The molecule has 0 spiro atoms. The first-order valence-electron chi connectivity index (χ1n) is 7.95. The molecule has 138 valence electrons. The molecule has 1 N–H and O–H groups in total. The minimum Gasteiger partial charge on any atom is -0.497 e. The number of pyridine rings is 1. The van der Waals surface area contributed by atoms with Gasteiger partial charge in [-0.1, -0.05) is 11.6 Å². The molecule has 8 heteroatoms. The number of benzene rings is 1. The Balaban J connectivity index is 2.49. The normalized spacial score (nSPS) is 10.3. The molecule has 2 rings (SSSR count). The molecule has 0 atom stereocenters. The summed E-state index contributed by atoms with van der Waals surface area (Å²) in [5.74, 6) is -0.429. The third kappa shape index (κ3) is 4.50. The zero-order chi connectivity index (χ0) is 19.1. The highest BCUT2D eigenvalue weighted by Gasteiger charge is 2.22. The van der Waals surface area contributed by atoms with Crippen LogP contribution in [0, 0.1) is 0 Å². The molecule has 0 saturated heterocycles. The summed E-state index contributed by atoms with van der Waals surface area (Å²) in [6.45, 7) is 2.16. The largest absolute Gasteiger partial charge is 0.497 e. The lowest BCUT2D eigenvalue weighted by molar-refractivity contribution is 0.0525. The molecular formula is C18H20ClN3O4. The van der Waals surface area contributed by atoms with Crippen molar-refractivity contribution in [2.75, 3.05) is 32.3 Å². The Kier molecular flexibility index (Phi) is 6.94. The molecule has 0 radical (unpaired) electrons. The average molecular weight is 378 g/mol. The molecule has 0 aliphatic rings. The minimum absolute atomic E-state index is 0.104. The van der Waals surface area contributed by atoms with Gasteiger partial charge < -0.3 is 14.8 Å². The maximum atomic E-state index is 13.0. The number of hydrogen-bond donors (Lipinski definition) is 1. The van der Waals surface area contributed by atoms with Gasteiger partial charge in [0.05, 0.1) is 31.5 Å². The summed E-state index contributed by atoms with van der Waals surface area (Å²) in [6.07, 6.45) is 1.51. The van der Waals surface area contributed by atoms with E-state index in [2.05, 4.69) is 10.3 Å². The lowest BCUT2D eigenvalue weighted by Crippen LogP contribution is -2.38. The first-order chi connectivity index (χ1) is 12.5. The van der Waals surface area contributed by atoms with Crippen LogP contribution in [0.15, 0.2) is 36.5 Å². The highest BCUT2D eigenvalue weighted by atomic mass is 35.5. The first-order valence-corrected chi connectivity index (χ1v) is 8.32. The number of methoxy groups -OCH3 is 1. The van der Waals surface area contributed by atoms with Gasteiger partial charge in [-0.15, -0.1) is 0 Å². The van der Waals surface area contributed by atoms with E-state index in [1.165, 1.54) is 18.2 Å². The number of aromatic nitrogens is 1. The topological polar surface area (TPSA) is 80.8 Å². The van der Waals surface area contributed by atoms with Crippen LogP contribution in [0.4, 0.5) is 5.69 Å². The monoisotopic (exact) mass is 377 g/mol. The van der Waals surface area contributed by atoms with Crippen molar-refractivity contribution < 1.29 is 19.1 Å². The number of rotatable bonds is 7. The fraction of sp³-hybridized carbons (Fsp3) is 0.278. The highest BCUT2D eigenvalue weighted by molar-refractivity contribution is 6.33. The molecule has 0 saturated carbocycles. The number of nitrogens with zero attached hydrogens (tertiary/aromatic N) is 2. The molecule has 2 aromatic rings. The number of hydrogen-bond acceptors (Lipinski definition) is 6. The van der Waals surface area contributed by atoms with Crippen molar-refractivity contribution >= 4 is 29.2 Å². The molecular weight excluding hydrogens is 358 g/mol. The quantitative estimate of drug-likeness (QED) is 0.454. The number of esters is 1. The summed E-state index contributed by atoms with van der Waals surface area (Å²) in [7, 11) is 3.19. The second-order valence-corrected chi connectivity index (χ2v) is 5.58. The number of halogens is 1. The predicted octanol–water partition coefficient (Wildman–Crippen LogP) is 2.74. The summed E-state index contributed by atoms with van der Waals surface area (Å²) in [5.41, 5.74) is 1.00. The molecule has 0 unspecified atom stereocenters. The standard InChI is InChI=1S/C18H20ClN3O4/c1-4-26-18(24)12-8-13(10-14(9-12)25-3)22(11-20-2)17(23)15-6-5-7-21-16(15)19/h5-10,20H,4,11H2,1-3H3. The van der Waals surface area contributed by atoms with Gasteiger partial charge in [0.15, 0.2) is 0 Å². The van der Waals surface area contributed by atoms with Gasteiger partial charge >= 0.3 is 5.97 Å². The fourth-order valence-corrected chi connectivity index (χ4v) is 2.52. The van der Waals surface area contributed by atoms with Gasteiger partial charge in [0.2, 0.25) is 0 Å². The molecule has 1 aromatic carbocycles. The number of nitrogens with one attached hydrogen (secondary N) is 1. The van der Waals surface area contributed by atoms with E-state index in [4.69, 9.17) is 21.1 Å². The van der Waals surface area contributed by atoms with E-state index in [1.807, 2.05) is 0 Å². The third-order valence-corrected chi connectivity index (χ3v) is 3.80. The van der Waals surface area contributed by atoms with Crippen LogP contribution in [0.25, 0.3) is 0 Å². The Hall–Kier alpha value is -2.64. The van der Waals surface area contributed by atoms with Gasteiger partial charge in [0, 0.05) is 18.0 Å². The number of ether oxygens (including phenoxy) is 2. The summed E-state index contributed by atoms with van der Waals surface area (Å²) < 4.78 is 10.3. The van der Waals surface area contributed by atoms with Crippen LogP contribution < -0.4 is 15.0 Å². The van der Waals surface area contributed by atoms with Gasteiger partial charge in [0.25, 0.3) is 5.91 Å². The van der Waals surface area contributed by atoms with Crippen molar-refractivity contribution in [2.45, 2.75) is 6.92 Å². The number of carbonyl (C=O) groups excluding carboxylic acids is 2. The van der Waals surface area contributed by atoms with Crippen molar-refractivity contribution in [2.24, 2.45) is 0 Å². The van der Waals surface area contributed by atoms with Crippen LogP contribution in [0.3, 0.4) is 0 Å². The first kappa shape index (κ1) is 19.7. The van der Waals surface area contributed by atoms with E-state index in [9.17, 15) is 9.59 Å². The number of carbonyl (C=O) groups is 2. The molecule has 0 bridgehead atoms. The zero-order valence-electron chi connectivity index (χ0n) is 14.8. The van der Waals surface area contributed by atoms with Crippen molar-refractivity contribution in [3.8, 4) is 5.75 Å². The fourth-order valence-electron chi connectivity index (χ4n) is 2.32. The average Bonchev–Trinajstić information content (AvgIpc) is 2.65. The van der Waals surface area contributed by atoms with E-state index in [0.717, 1.165) is 0 Å². The Morgan fingerprint density at radius 2 is 2.08 bits per heavy atom. The van der Waals surface area contributed by atoms with E-state index >= 15 is 0 Å². The molecule has 0 aliphatic heterocycles. The minimum atomic E-state index is -0.496. The summed E-state index contributed by atoms with van der Waals surface area (Å²) in [4.78, 5) is 30.5. The van der Waals surface area contributed by atoms with Crippen molar-refractivity contribution in [3.05, 3.63) is 52.8 Å². The van der Waals surface area contributed by atoms with E-state index in [0.29, 0.717) is 11.4 Å². The van der Waals surface area contributed by atoms with Gasteiger partial charge in [-0.2, -0.15) is 0 Å². The summed E-state index contributed by atoms with van der Waals surface area (Å²) in [6, 6.07) is 8.00. The number of anilines is 1. The van der Waals surface area contributed by atoms with Crippen LogP contribution in [0.2, 0.25) is 5.15 Å². The summed E-state index contributed by atoms with van der Waals surface area (Å²) >= 11 is 6.05. The maximum absolute atomic E-state index is 13.0. The summed E-state index contributed by atoms with van der Waals surface area (Å²) in [5, 5.41) is 3.04. The molecule has 1 amide bonds. The second-order valence-electron chi connectivity index (χ2n) is 5.23. The molecule has 0 aliphatic carbocycles. The van der Waals surface area contributed by atoms with Gasteiger partial charge in [-0.25, -0.2) is 9.78 Å². The Labute approximate surface area is 156 Å². The SMILES string of the molecule is CCOC(=O)c1cc(OC)cc(N(CNC)C(=O)c2cccnc2Cl)c1. The van der Waals surface area contributed by atoms with Crippen molar-refractivity contribution in [1.29, 1.82) is 0 Å². The lowest BCUT2D eigenvalue weighted by Gasteiger charge is -2.24. The maximum Gasteiger partial charge on any atom is 0.338 e. The van der Waals surface area contributed by atoms with Gasteiger partial charge in [0.1, 0.15) is 10.9 Å². The van der Waals surface area contributed by atoms with Crippen LogP contribution in [0.1, 0.15) is 27.6 Å². The van der Waals surface area contributed by atoms with Gasteiger partial charge in [-0.3, -0.25) is 9.69 Å². The van der Waals surface area contributed by atoms with Crippen LogP contribution in [-0.2, 0) is 4.74 Å². The Bertz CT molecular complexity index is 798. The molecule has 1 heterocycles. The van der Waals surface area contributed by atoms with Crippen molar-refractivity contribution in [1.82, 2.24) is 10.3 Å². The zero-order valence-corrected chi connectivity index (χ0v) is 15.5. The third-order valence-electron chi connectivity index (χ3n) is 3.50. The van der Waals surface area contributed by atoms with Gasteiger partial charge in [-0.05, 0) is 38.2 Å². The molecule has 7 nitrogen and oxygen atoms in total. The predicted molar refractivity (Wildman–Crippen MR) is 98.9 cm³/mol. The highest BCUT2D eigenvalue weighted by Crippen LogP contribution is 2.26. The van der Waals surface area contributed by atoms with Crippen LogP contribution >= 0.6 is 11.6 Å². The van der Waals surface area contributed by atoms with Crippen LogP contribution in [-0.4, -0.2) is 44.3 Å². The van der Waals surface area contributed by atoms with Crippen LogP contribution in [0.5, 0.6) is 5.75 Å². The molecule has 26 heavy (non-hydrogen) atoms.